The highest BCUT2D eigenvalue weighted by atomic mass is 16.5. The van der Waals surface area contributed by atoms with Gasteiger partial charge in [-0.3, -0.25) is 4.99 Å². The van der Waals surface area contributed by atoms with Gasteiger partial charge in [-0.15, -0.1) is 0 Å². The molecule has 1 spiro atoms. The maximum Gasteiger partial charge on any atom is 0.257 e. The lowest BCUT2D eigenvalue weighted by molar-refractivity contribution is 0.151. The lowest BCUT2D eigenvalue weighted by atomic mass is 9.68. The molecule has 0 amide bonds. The number of nitrogens with zero attached hydrogens (tertiary/aromatic N) is 4. The number of nitrogens with one attached hydrogen (secondary N) is 1. The van der Waals surface area contributed by atoms with Gasteiger partial charge in [-0.2, -0.15) is 4.98 Å². The predicted octanol–water partition coefficient (Wildman–Crippen LogP) is 3.29. The number of benzene rings is 1. The van der Waals surface area contributed by atoms with Crippen molar-refractivity contribution >= 4 is 5.96 Å². The van der Waals surface area contributed by atoms with Crippen LogP contribution in [0, 0.1) is 5.41 Å². The molecule has 2 aromatic rings. The lowest BCUT2D eigenvalue weighted by Crippen LogP contribution is -2.43. The van der Waals surface area contributed by atoms with Crippen LogP contribution >= 0.6 is 0 Å². The van der Waals surface area contributed by atoms with Crippen LogP contribution in [0.25, 0.3) is 11.5 Å². The van der Waals surface area contributed by atoms with Crippen molar-refractivity contribution in [3.8, 4) is 11.5 Å². The van der Waals surface area contributed by atoms with Crippen molar-refractivity contribution in [3.05, 3.63) is 35.7 Å². The van der Waals surface area contributed by atoms with Gasteiger partial charge in [0, 0.05) is 38.7 Å². The van der Waals surface area contributed by atoms with Crippen molar-refractivity contribution in [2.75, 3.05) is 26.7 Å². The van der Waals surface area contributed by atoms with Gasteiger partial charge in [0.1, 0.15) is 0 Å². The van der Waals surface area contributed by atoms with Gasteiger partial charge >= 0.3 is 0 Å². The Hall–Kier alpha value is -2.37. The fraction of sp³-hybridized carbons (Fsp3) is 0.571. The zero-order valence-electron chi connectivity index (χ0n) is 16.4. The highest BCUT2D eigenvalue weighted by Crippen LogP contribution is 2.47. The molecule has 0 atom stereocenters. The van der Waals surface area contributed by atoms with Gasteiger partial charge in [-0.25, -0.2) is 0 Å². The van der Waals surface area contributed by atoms with Gasteiger partial charge in [0.05, 0.1) is 0 Å². The number of hydrogen-bond acceptors (Lipinski definition) is 4. The highest BCUT2D eigenvalue weighted by molar-refractivity contribution is 5.80. The first-order chi connectivity index (χ1) is 13.2. The quantitative estimate of drug-likeness (QED) is 0.649. The summed E-state index contributed by atoms with van der Waals surface area (Å²) in [7, 11) is 1.89. The number of aryl methyl sites for hydroxylation is 1. The Labute approximate surface area is 161 Å². The summed E-state index contributed by atoms with van der Waals surface area (Å²) in [6.07, 6.45) is 7.26. The van der Waals surface area contributed by atoms with Crippen LogP contribution in [0.2, 0.25) is 0 Å². The molecule has 2 heterocycles. The van der Waals surface area contributed by atoms with E-state index in [1.807, 2.05) is 14.0 Å². The first kappa shape index (κ1) is 18.0. The molecule has 1 saturated heterocycles. The lowest BCUT2D eigenvalue weighted by Gasteiger charge is -2.38. The third-order valence-electron chi connectivity index (χ3n) is 6.05. The summed E-state index contributed by atoms with van der Waals surface area (Å²) in [6, 6.07) is 8.37. The second-order valence-corrected chi connectivity index (χ2v) is 7.82. The molecule has 0 bridgehead atoms. The Bertz CT molecular complexity index is 791. The van der Waals surface area contributed by atoms with E-state index in [2.05, 4.69) is 49.6 Å². The van der Waals surface area contributed by atoms with E-state index in [0.717, 1.165) is 43.3 Å². The Morgan fingerprint density at radius 1 is 1.26 bits per heavy atom. The molecule has 2 aliphatic rings. The fourth-order valence-corrected chi connectivity index (χ4v) is 4.18. The normalized spacial score (nSPS) is 18.7. The number of hydrogen-bond donors (Lipinski definition) is 1. The molecular weight excluding hydrogens is 338 g/mol. The van der Waals surface area contributed by atoms with E-state index in [1.165, 1.54) is 37.8 Å². The Balaban J connectivity index is 1.28. The summed E-state index contributed by atoms with van der Waals surface area (Å²) in [5, 5.41) is 7.49. The third kappa shape index (κ3) is 3.84. The van der Waals surface area contributed by atoms with Crippen LogP contribution in [-0.4, -0.2) is 47.7 Å². The van der Waals surface area contributed by atoms with E-state index in [-0.39, 0.29) is 0 Å². The van der Waals surface area contributed by atoms with Gasteiger partial charge in [0.2, 0.25) is 0 Å². The van der Waals surface area contributed by atoms with Gasteiger partial charge in [0.25, 0.3) is 5.89 Å². The van der Waals surface area contributed by atoms with Gasteiger partial charge in [-0.1, -0.05) is 30.6 Å². The molecule has 0 unspecified atom stereocenters. The Kier molecular flexibility index (Phi) is 5.14. The van der Waals surface area contributed by atoms with Crippen LogP contribution < -0.4 is 5.32 Å². The minimum atomic E-state index is 0.593. The van der Waals surface area contributed by atoms with E-state index < -0.39 is 0 Å². The average molecular weight is 367 g/mol. The number of rotatable bonds is 5. The van der Waals surface area contributed by atoms with Crippen molar-refractivity contribution in [2.45, 2.75) is 45.4 Å². The van der Waals surface area contributed by atoms with Crippen molar-refractivity contribution in [1.82, 2.24) is 20.4 Å². The summed E-state index contributed by atoms with van der Waals surface area (Å²) in [5.41, 5.74) is 2.85. The summed E-state index contributed by atoms with van der Waals surface area (Å²) in [4.78, 5) is 11.3. The smallest absolute Gasteiger partial charge is 0.257 e. The first-order valence-electron chi connectivity index (χ1n) is 10.1. The SMILES string of the molecule is CCc1noc(-c2ccc(CCNC(=NC)N3CCC4(CCC4)C3)cc2)n1. The van der Waals surface area contributed by atoms with Crippen molar-refractivity contribution < 1.29 is 4.52 Å². The summed E-state index contributed by atoms with van der Waals surface area (Å²) >= 11 is 0. The van der Waals surface area contributed by atoms with Crippen LogP contribution in [-0.2, 0) is 12.8 Å². The predicted molar refractivity (Wildman–Crippen MR) is 107 cm³/mol. The summed E-state index contributed by atoms with van der Waals surface area (Å²) < 4.78 is 5.30. The van der Waals surface area contributed by atoms with E-state index in [4.69, 9.17) is 4.52 Å². The maximum atomic E-state index is 5.30. The zero-order valence-corrected chi connectivity index (χ0v) is 16.4. The molecule has 2 fully saturated rings. The van der Waals surface area contributed by atoms with E-state index in [9.17, 15) is 0 Å². The number of aliphatic imine (C=N–C) groups is 1. The van der Waals surface area contributed by atoms with Crippen molar-refractivity contribution in [2.24, 2.45) is 10.4 Å². The minimum absolute atomic E-state index is 0.593. The molecule has 1 aliphatic heterocycles. The van der Waals surface area contributed by atoms with Gasteiger partial charge in [-0.05, 0) is 48.8 Å². The highest BCUT2D eigenvalue weighted by Gasteiger charge is 2.43. The summed E-state index contributed by atoms with van der Waals surface area (Å²) in [5.74, 6) is 2.39. The maximum absolute atomic E-state index is 5.30. The van der Waals surface area contributed by atoms with Crippen LogP contribution in [0.1, 0.15) is 44.0 Å². The minimum Gasteiger partial charge on any atom is -0.356 e. The van der Waals surface area contributed by atoms with E-state index in [0.29, 0.717) is 11.3 Å². The molecule has 0 radical (unpaired) electrons. The van der Waals surface area contributed by atoms with Gasteiger partial charge in [0.15, 0.2) is 11.8 Å². The van der Waals surface area contributed by atoms with E-state index >= 15 is 0 Å². The van der Waals surface area contributed by atoms with Crippen molar-refractivity contribution in [3.63, 3.8) is 0 Å². The molecule has 144 valence electrons. The molecule has 1 aromatic heterocycles. The molecule has 6 heteroatoms. The van der Waals surface area contributed by atoms with Crippen LogP contribution in [0.15, 0.2) is 33.8 Å². The topological polar surface area (TPSA) is 66.6 Å². The Morgan fingerprint density at radius 3 is 2.67 bits per heavy atom. The fourth-order valence-electron chi connectivity index (χ4n) is 4.18. The van der Waals surface area contributed by atoms with Crippen LogP contribution in [0.5, 0.6) is 0 Å². The zero-order chi connectivity index (χ0) is 18.7. The van der Waals surface area contributed by atoms with E-state index in [1.54, 1.807) is 0 Å². The molecule has 1 saturated carbocycles. The second-order valence-electron chi connectivity index (χ2n) is 7.82. The number of aromatic nitrogens is 2. The molecule has 4 rings (SSSR count). The molecule has 6 nitrogen and oxygen atoms in total. The molecule has 1 N–H and O–H groups in total. The standard InChI is InChI=1S/C21H29N5O/c1-3-18-24-19(27-25-18)17-7-5-16(6-8-17)9-13-23-20(22-2)26-14-12-21(15-26)10-4-11-21/h5-8H,3-4,9-15H2,1-2H3,(H,22,23). The molecule has 27 heavy (non-hydrogen) atoms. The third-order valence-corrected chi connectivity index (χ3v) is 6.05. The monoisotopic (exact) mass is 367 g/mol. The second kappa shape index (κ2) is 7.71. The number of guanidine groups is 1. The average Bonchev–Trinajstić information content (AvgIpc) is 3.33. The Morgan fingerprint density at radius 2 is 2.07 bits per heavy atom. The molecular formula is C21H29N5O. The van der Waals surface area contributed by atoms with Gasteiger partial charge < -0.3 is 14.7 Å². The van der Waals surface area contributed by atoms with Crippen LogP contribution in [0.4, 0.5) is 0 Å². The number of likely N-dealkylation sites (tertiary alicyclic amines) is 1. The van der Waals surface area contributed by atoms with Crippen molar-refractivity contribution in [1.29, 1.82) is 0 Å². The van der Waals surface area contributed by atoms with Crippen LogP contribution in [0.3, 0.4) is 0 Å². The first-order valence-corrected chi connectivity index (χ1v) is 10.1. The molecule has 1 aliphatic carbocycles. The molecule has 1 aromatic carbocycles. The summed E-state index contributed by atoms with van der Waals surface area (Å²) in [6.45, 7) is 5.21. The largest absolute Gasteiger partial charge is 0.356 e.